The first kappa shape index (κ1) is 8.60. The Morgan fingerprint density at radius 3 is 2.75 bits per heavy atom. The molecule has 0 spiro atoms. The van der Waals surface area contributed by atoms with Gasteiger partial charge in [-0.15, -0.1) is 11.3 Å². The Morgan fingerprint density at radius 1 is 1.25 bits per heavy atom. The smallest absolute Gasteiger partial charge is 0.0753 e. The highest BCUT2D eigenvalue weighted by molar-refractivity contribution is 7.98. The van der Waals surface area contributed by atoms with E-state index in [0.29, 0.717) is 0 Å². The predicted octanol–water partition coefficient (Wildman–Crippen LogP) is 3.24. The molecular formula is C9H13NS2. The molecule has 1 aliphatic rings. The van der Waals surface area contributed by atoms with Crippen LogP contribution in [0.25, 0.3) is 0 Å². The van der Waals surface area contributed by atoms with Gasteiger partial charge in [0.1, 0.15) is 0 Å². The molecule has 0 atom stereocenters. The van der Waals surface area contributed by atoms with Gasteiger partial charge in [-0.05, 0) is 36.2 Å². The Balaban J connectivity index is 1.86. The van der Waals surface area contributed by atoms with Gasteiger partial charge in [-0.3, -0.25) is 0 Å². The summed E-state index contributed by atoms with van der Waals surface area (Å²) in [7, 11) is 0. The number of hydrogen-bond donors (Lipinski definition) is 0. The number of piperidine rings is 1. The van der Waals surface area contributed by atoms with Crippen LogP contribution in [0, 0.1) is 0 Å². The largest absolute Gasteiger partial charge is 0.246 e. The SMILES string of the molecule is c1csc(SN2CCCCC2)c1. The zero-order valence-electron chi connectivity index (χ0n) is 7.03. The molecule has 1 nitrogen and oxygen atoms in total. The lowest BCUT2D eigenvalue weighted by molar-refractivity contribution is 0.381. The fraction of sp³-hybridized carbons (Fsp3) is 0.556. The van der Waals surface area contributed by atoms with Crippen LogP contribution in [0.1, 0.15) is 19.3 Å². The summed E-state index contributed by atoms with van der Waals surface area (Å²) in [6.45, 7) is 2.53. The minimum atomic E-state index is 1.27. The van der Waals surface area contributed by atoms with Gasteiger partial charge < -0.3 is 0 Å². The normalized spacial score (nSPS) is 19.7. The molecule has 0 aliphatic carbocycles. The molecule has 0 amide bonds. The van der Waals surface area contributed by atoms with Crippen LogP contribution in [-0.4, -0.2) is 17.4 Å². The maximum Gasteiger partial charge on any atom is 0.0753 e. The molecule has 66 valence electrons. The Labute approximate surface area is 81.9 Å². The summed E-state index contributed by atoms with van der Waals surface area (Å²) < 4.78 is 3.91. The monoisotopic (exact) mass is 199 g/mol. The van der Waals surface area contributed by atoms with Crippen molar-refractivity contribution in [2.45, 2.75) is 23.5 Å². The highest BCUT2D eigenvalue weighted by atomic mass is 32.2. The first-order valence-electron chi connectivity index (χ1n) is 4.41. The van der Waals surface area contributed by atoms with Crippen molar-refractivity contribution >= 4 is 23.3 Å². The number of nitrogens with zero attached hydrogens (tertiary/aromatic N) is 1. The van der Waals surface area contributed by atoms with E-state index in [-0.39, 0.29) is 0 Å². The second kappa shape index (κ2) is 4.30. The third-order valence-electron chi connectivity index (χ3n) is 2.03. The Bertz CT molecular complexity index is 214. The van der Waals surface area contributed by atoms with Crippen LogP contribution in [0.3, 0.4) is 0 Å². The van der Waals surface area contributed by atoms with Gasteiger partial charge in [0.25, 0.3) is 0 Å². The summed E-state index contributed by atoms with van der Waals surface area (Å²) in [5, 5.41) is 2.15. The fourth-order valence-electron chi connectivity index (χ4n) is 1.40. The zero-order chi connectivity index (χ0) is 8.23. The lowest BCUT2D eigenvalue weighted by atomic mass is 10.2. The molecule has 1 aromatic heterocycles. The summed E-state index contributed by atoms with van der Waals surface area (Å²) in [4.78, 5) is 0. The molecular weight excluding hydrogens is 186 g/mol. The summed E-state index contributed by atoms with van der Waals surface area (Å²) in [5.74, 6) is 0. The van der Waals surface area contributed by atoms with Crippen molar-refractivity contribution < 1.29 is 0 Å². The minimum Gasteiger partial charge on any atom is -0.246 e. The van der Waals surface area contributed by atoms with E-state index >= 15 is 0 Å². The van der Waals surface area contributed by atoms with Gasteiger partial charge in [0.05, 0.1) is 4.21 Å². The molecule has 12 heavy (non-hydrogen) atoms. The van der Waals surface area contributed by atoms with Gasteiger partial charge in [0.2, 0.25) is 0 Å². The van der Waals surface area contributed by atoms with Gasteiger partial charge in [-0.1, -0.05) is 12.5 Å². The van der Waals surface area contributed by atoms with Crippen molar-refractivity contribution in [3.8, 4) is 0 Å². The maximum absolute atomic E-state index is 2.48. The Morgan fingerprint density at radius 2 is 2.08 bits per heavy atom. The molecule has 0 radical (unpaired) electrons. The van der Waals surface area contributed by atoms with E-state index in [4.69, 9.17) is 0 Å². The van der Waals surface area contributed by atoms with E-state index in [1.54, 1.807) is 0 Å². The quantitative estimate of drug-likeness (QED) is 0.673. The second-order valence-electron chi connectivity index (χ2n) is 3.01. The van der Waals surface area contributed by atoms with Crippen LogP contribution in [-0.2, 0) is 0 Å². The molecule has 1 saturated heterocycles. The topological polar surface area (TPSA) is 3.24 Å². The Kier molecular flexibility index (Phi) is 3.08. The highest BCUT2D eigenvalue weighted by Gasteiger charge is 2.11. The van der Waals surface area contributed by atoms with E-state index in [9.17, 15) is 0 Å². The summed E-state index contributed by atoms with van der Waals surface area (Å²) in [6, 6.07) is 4.32. The first-order valence-corrected chi connectivity index (χ1v) is 6.07. The maximum atomic E-state index is 2.48. The molecule has 1 aromatic rings. The lowest BCUT2D eigenvalue weighted by Gasteiger charge is -2.24. The van der Waals surface area contributed by atoms with E-state index in [0.717, 1.165) is 0 Å². The van der Waals surface area contributed by atoms with Crippen LogP contribution in [0.4, 0.5) is 0 Å². The summed E-state index contributed by atoms with van der Waals surface area (Å²) >= 11 is 3.76. The van der Waals surface area contributed by atoms with Crippen LogP contribution in [0.15, 0.2) is 21.7 Å². The van der Waals surface area contributed by atoms with Crippen LogP contribution < -0.4 is 0 Å². The van der Waals surface area contributed by atoms with Gasteiger partial charge in [0.15, 0.2) is 0 Å². The highest BCUT2D eigenvalue weighted by Crippen LogP contribution is 2.29. The standard InChI is InChI=1S/C9H13NS2/c1-2-6-10(7-3-1)12-9-5-4-8-11-9/h4-5,8H,1-3,6-7H2. The van der Waals surface area contributed by atoms with Crippen molar-refractivity contribution in [1.82, 2.24) is 4.31 Å². The number of thiophene rings is 1. The summed E-state index contributed by atoms with van der Waals surface area (Å²) in [6.07, 6.45) is 4.16. The molecule has 2 rings (SSSR count). The predicted molar refractivity (Wildman–Crippen MR) is 55.6 cm³/mol. The van der Waals surface area contributed by atoms with Crippen LogP contribution in [0.5, 0.6) is 0 Å². The fourth-order valence-corrected chi connectivity index (χ4v) is 3.34. The first-order chi connectivity index (χ1) is 5.95. The van der Waals surface area contributed by atoms with Gasteiger partial charge in [-0.25, -0.2) is 4.31 Å². The van der Waals surface area contributed by atoms with Crippen molar-refractivity contribution in [3.05, 3.63) is 17.5 Å². The van der Waals surface area contributed by atoms with Crippen molar-refractivity contribution in [3.63, 3.8) is 0 Å². The molecule has 0 bridgehead atoms. The minimum absolute atomic E-state index is 1.27. The second-order valence-corrected chi connectivity index (χ2v) is 5.36. The van der Waals surface area contributed by atoms with E-state index in [1.165, 1.54) is 36.6 Å². The van der Waals surface area contributed by atoms with E-state index < -0.39 is 0 Å². The van der Waals surface area contributed by atoms with Crippen molar-refractivity contribution in [1.29, 1.82) is 0 Å². The Hall–Kier alpha value is 0.01000. The van der Waals surface area contributed by atoms with Gasteiger partial charge >= 0.3 is 0 Å². The number of rotatable bonds is 2. The van der Waals surface area contributed by atoms with Gasteiger partial charge in [0, 0.05) is 13.1 Å². The zero-order valence-corrected chi connectivity index (χ0v) is 8.66. The summed E-state index contributed by atoms with van der Waals surface area (Å²) in [5.41, 5.74) is 0. The molecule has 0 aromatic carbocycles. The average molecular weight is 199 g/mol. The molecule has 1 aliphatic heterocycles. The molecule has 2 heterocycles. The third-order valence-corrected chi connectivity index (χ3v) is 4.14. The van der Waals surface area contributed by atoms with E-state index in [2.05, 4.69) is 21.8 Å². The number of hydrogen-bond acceptors (Lipinski definition) is 3. The van der Waals surface area contributed by atoms with E-state index in [1.807, 2.05) is 23.3 Å². The third kappa shape index (κ3) is 2.25. The van der Waals surface area contributed by atoms with Crippen LogP contribution in [0.2, 0.25) is 0 Å². The molecule has 0 N–H and O–H groups in total. The van der Waals surface area contributed by atoms with Crippen molar-refractivity contribution in [2.24, 2.45) is 0 Å². The van der Waals surface area contributed by atoms with Crippen LogP contribution >= 0.6 is 23.3 Å². The molecule has 0 unspecified atom stereocenters. The average Bonchev–Trinajstić information content (AvgIpc) is 2.59. The van der Waals surface area contributed by atoms with Gasteiger partial charge in [-0.2, -0.15) is 0 Å². The molecule has 3 heteroatoms. The molecule has 1 fully saturated rings. The van der Waals surface area contributed by atoms with Crippen molar-refractivity contribution in [2.75, 3.05) is 13.1 Å². The molecule has 0 saturated carbocycles. The lowest BCUT2D eigenvalue weighted by Crippen LogP contribution is -2.22.